The Balaban J connectivity index is 1.94. The molecule has 0 bridgehead atoms. The van der Waals surface area contributed by atoms with Crippen LogP contribution in [0.1, 0.15) is 32.1 Å². The predicted octanol–water partition coefficient (Wildman–Crippen LogP) is 4.16. The topological polar surface area (TPSA) is 40.5 Å². The highest BCUT2D eigenvalue weighted by atomic mass is 32.2. The van der Waals surface area contributed by atoms with Crippen molar-refractivity contribution in [2.24, 2.45) is 0 Å². The molecular formula is C18H21O2S+. The van der Waals surface area contributed by atoms with Crippen molar-refractivity contribution in [1.82, 2.24) is 0 Å². The minimum absolute atomic E-state index is 0.0352. The van der Waals surface area contributed by atoms with Gasteiger partial charge in [-0.05, 0) is 36.8 Å². The van der Waals surface area contributed by atoms with Gasteiger partial charge in [-0.25, -0.2) is 0 Å². The average molecular weight is 301 g/mol. The number of hydrogen-bond acceptors (Lipinski definition) is 2. The zero-order chi connectivity index (χ0) is 14.7. The fraction of sp³-hybridized carbons (Fsp3) is 0.333. The van der Waals surface area contributed by atoms with Gasteiger partial charge in [0.05, 0.1) is 22.8 Å². The third kappa shape index (κ3) is 3.42. The lowest BCUT2D eigenvalue weighted by Crippen LogP contribution is -2.16. The molecule has 2 atom stereocenters. The van der Waals surface area contributed by atoms with Gasteiger partial charge in [-0.1, -0.05) is 18.2 Å². The molecule has 3 rings (SSSR count). The van der Waals surface area contributed by atoms with Crippen molar-refractivity contribution in [2.45, 2.75) is 38.2 Å². The maximum absolute atomic E-state index is 9.65. The number of rotatable bonds is 3. The van der Waals surface area contributed by atoms with Crippen LogP contribution in [-0.4, -0.2) is 16.3 Å². The first kappa shape index (κ1) is 14.5. The molecule has 3 aliphatic carbocycles. The van der Waals surface area contributed by atoms with Crippen molar-refractivity contribution < 1.29 is 10.2 Å². The first-order valence-electron chi connectivity index (χ1n) is 7.49. The molecule has 0 aromatic rings. The third-order valence-electron chi connectivity index (χ3n) is 3.87. The first-order chi connectivity index (χ1) is 10.2. The summed E-state index contributed by atoms with van der Waals surface area (Å²) in [5.41, 5.74) is 0. The standard InChI is InChI=1S/C18H20O2S/c19-14-6-10-17(11-7-14)21(16-4-2-1-3-5-16)18-12-8-15(20)9-13-18/h1-2,4,6,8,10-12,14,19H,3,5,7,9,13H2/p+1. The van der Waals surface area contributed by atoms with Crippen LogP contribution >= 0.6 is 0 Å². The van der Waals surface area contributed by atoms with E-state index in [1.807, 2.05) is 12.2 Å². The van der Waals surface area contributed by atoms with E-state index in [-0.39, 0.29) is 17.0 Å². The van der Waals surface area contributed by atoms with Gasteiger partial charge in [0.1, 0.15) is 9.81 Å². The fourth-order valence-electron chi connectivity index (χ4n) is 2.74. The smallest absolute Gasteiger partial charge is 0.161 e. The van der Waals surface area contributed by atoms with Gasteiger partial charge in [0.2, 0.25) is 0 Å². The van der Waals surface area contributed by atoms with Crippen LogP contribution in [0.25, 0.3) is 0 Å². The summed E-state index contributed by atoms with van der Waals surface area (Å²) in [7, 11) is -0.0352. The van der Waals surface area contributed by atoms with Crippen LogP contribution in [0.4, 0.5) is 0 Å². The molecule has 0 aromatic heterocycles. The third-order valence-corrected chi connectivity index (χ3v) is 6.37. The van der Waals surface area contributed by atoms with E-state index in [0.717, 1.165) is 25.7 Å². The van der Waals surface area contributed by atoms with Gasteiger partial charge in [-0.2, -0.15) is 0 Å². The molecule has 0 aromatic carbocycles. The van der Waals surface area contributed by atoms with Crippen LogP contribution < -0.4 is 0 Å². The Morgan fingerprint density at radius 1 is 1.05 bits per heavy atom. The molecular weight excluding hydrogens is 280 g/mol. The van der Waals surface area contributed by atoms with Gasteiger partial charge in [0.15, 0.2) is 4.91 Å². The van der Waals surface area contributed by atoms with Crippen molar-refractivity contribution in [3.8, 4) is 0 Å². The van der Waals surface area contributed by atoms with Gasteiger partial charge in [0.25, 0.3) is 0 Å². The zero-order valence-corrected chi connectivity index (χ0v) is 12.9. The van der Waals surface area contributed by atoms with Crippen molar-refractivity contribution >= 4 is 10.9 Å². The van der Waals surface area contributed by atoms with Crippen LogP contribution in [-0.2, 0) is 10.9 Å². The monoisotopic (exact) mass is 301 g/mol. The van der Waals surface area contributed by atoms with Gasteiger partial charge < -0.3 is 10.2 Å². The Morgan fingerprint density at radius 2 is 1.90 bits per heavy atom. The highest BCUT2D eigenvalue weighted by Crippen LogP contribution is 2.38. The molecule has 0 spiro atoms. The van der Waals surface area contributed by atoms with E-state index in [4.69, 9.17) is 0 Å². The number of allylic oxidation sites excluding steroid dienone is 9. The zero-order valence-electron chi connectivity index (χ0n) is 12.0. The molecule has 0 fully saturated rings. The van der Waals surface area contributed by atoms with E-state index in [9.17, 15) is 10.2 Å². The van der Waals surface area contributed by atoms with Gasteiger partial charge in [0, 0.05) is 25.7 Å². The van der Waals surface area contributed by atoms with Crippen molar-refractivity contribution in [3.63, 3.8) is 0 Å². The normalized spacial score (nSPS) is 26.6. The number of aliphatic hydroxyl groups is 2. The Bertz CT molecular complexity index is 590. The largest absolute Gasteiger partial charge is 0.512 e. The van der Waals surface area contributed by atoms with Gasteiger partial charge in [-0.15, -0.1) is 0 Å². The van der Waals surface area contributed by atoms with Crippen LogP contribution in [0, 0.1) is 0 Å². The minimum atomic E-state index is -0.344. The molecule has 21 heavy (non-hydrogen) atoms. The molecule has 2 N–H and O–H groups in total. The van der Waals surface area contributed by atoms with Gasteiger partial charge >= 0.3 is 0 Å². The van der Waals surface area contributed by atoms with Crippen molar-refractivity contribution in [2.75, 3.05) is 0 Å². The first-order valence-corrected chi connectivity index (χ1v) is 8.71. The SMILES string of the molecule is OC1=CC=C([S+](C2=CCC(O)C=C2)C2=CC=CCC2)CC1. The molecule has 3 heteroatoms. The molecule has 0 saturated heterocycles. The summed E-state index contributed by atoms with van der Waals surface area (Å²) in [6.07, 6.45) is 20.9. The molecule has 2 nitrogen and oxygen atoms in total. The molecule has 2 unspecified atom stereocenters. The number of hydrogen-bond donors (Lipinski definition) is 2. The second-order valence-corrected chi connectivity index (χ2v) is 7.60. The second kappa shape index (κ2) is 6.54. The number of aliphatic hydroxyl groups excluding tert-OH is 2. The summed E-state index contributed by atoms with van der Waals surface area (Å²) >= 11 is 0. The summed E-state index contributed by atoms with van der Waals surface area (Å²) in [6.45, 7) is 0. The lowest BCUT2D eigenvalue weighted by molar-refractivity contribution is 0.225. The minimum Gasteiger partial charge on any atom is -0.512 e. The van der Waals surface area contributed by atoms with E-state index in [0.29, 0.717) is 12.2 Å². The van der Waals surface area contributed by atoms with E-state index >= 15 is 0 Å². The molecule has 0 aliphatic heterocycles. The van der Waals surface area contributed by atoms with Crippen LogP contribution in [0.15, 0.2) is 69.1 Å². The van der Waals surface area contributed by atoms with Crippen LogP contribution in [0.5, 0.6) is 0 Å². The Hall–Kier alpha value is -1.45. The fourth-order valence-corrected chi connectivity index (χ4v) is 5.21. The maximum atomic E-state index is 9.65. The lowest BCUT2D eigenvalue weighted by atomic mass is 10.1. The molecule has 0 radical (unpaired) electrons. The Morgan fingerprint density at radius 3 is 2.52 bits per heavy atom. The van der Waals surface area contributed by atoms with E-state index in [2.05, 4.69) is 36.5 Å². The van der Waals surface area contributed by atoms with E-state index in [1.165, 1.54) is 14.7 Å². The van der Waals surface area contributed by atoms with E-state index in [1.54, 1.807) is 0 Å². The predicted molar refractivity (Wildman–Crippen MR) is 89.7 cm³/mol. The molecule has 3 aliphatic rings. The Kier molecular flexibility index (Phi) is 4.51. The Labute approximate surface area is 128 Å². The van der Waals surface area contributed by atoms with E-state index < -0.39 is 0 Å². The van der Waals surface area contributed by atoms with Crippen LogP contribution in [0.3, 0.4) is 0 Å². The summed E-state index contributed by atoms with van der Waals surface area (Å²) in [5, 5.41) is 19.2. The van der Waals surface area contributed by atoms with Crippen molar-refractivity contribution in [1.29, 1.82) is 0 Å². The average Bonchev–Trinajstić information content (AvgIpc) is 2.52. The second-order valence-electron chi connectivity index (χ2n) is 5.47. The maximum Gasteiger partial charge on any atom is 0.161 e. The summed E-state index contributed by atoms with van der Waals surface area (Å²) in [4.78, 5) is 4.16. The molecule has 110 valence electrons. The summed E-state index contributed by atoms with van der Waals surface area (Å²) < 4.78 is 0. The lowest BCUT2D eigenvalue weighted by Gasteiger charge is -2.19. The molecule has 0 heterocycles. The highest BCUT2D eigenvalue weighted by Gasteiger charge is 2.35. The highest BCUT2D eigenvalue weighted by molar-refractivity contribution is 8.07. The summed E-state index contributed by atoms with van der Waals surface area (Å²) in [5.74, 6) is 0.475. The molecule has 0 saturated carbocycles. The quantitative estimate of drug-likeness (QED) is 0.768. The van der Waals surface area contributed by atoms with Crippen molar-refractivity contribution in [3.05, 3.63) is 69.1 Å². The molecule has 0 amide bonds. The summed E-state index contributed by atoms with van der Waals surface area (Å²) in [6, 6.07) is 0. The van der Waals surface area contributed by atoms with Gasteiger partial charge in [-0.3, -0.25) is 0 Å². The van der Waals surface area contributed by atoms with Crippen LogP contribution in [0.2, 0.25) is 0 Å².